The summed E-state index contributed by atoms with van der Waals surface area (Å²) in [6.07, 6.45) is 12.6. The van der Waals surface area contributed by atoms with Gasteiger partial charge in [-0.15, -0.1) is 0 Å². The van der Waals surface area contributed by atoms with E-state index in [0.717, 1.165) is 23.7 Å². The van der Waals surface area contributed by atoms with Gasteiger partial charge in [-0.2, -0.15) is 0 Å². The van der Waals surface area contributed by atoms with Crippen molar-refractivity contribution in [3.05, 3.63) is 0 Å². The SMILES string of the molecule is CO[C@H]1CC[C@@]2(C)[C@@H](CC[C@@H]3[C@@H]2CC[C@]2(C)[C@@H]([C@H](C)O)CC[C@@H]32)C1. The molecule has 0 amide bonds. The van der Waals surface area contributed by atoms with Crippen LogP contribution in [-0.2, 0) is 4.74 Å². The van der Waals surface area contributed by atoms with Crippen LogP contribution in [0.2, 0.25) is 0 Å². The van der Waals surface area contributed by atoms with Crippen LogP contribution < -0.4 is 0 Å². The summed E-state index contributed by atoms with van der Waals surface area (Å²) in [5, 5.41) is 10.3. The van der Waals surface area contributed by atoms with E-state index in [2.05, 4.69) is 13.8 Å². The Balaban J connectivity index is 1.58. The fourth-order valence-corrected chi connectivity index (χ4v) is 8.27. The Kier molecular flexibility index (Phi) is 4.32. The van der Waals surface area contributed by atoms with E-state index in [1.54, 1.807) is 0 Å². The number of aliphatic hydroxyl groups is 1. The van der Waals surface area contributed by atoms with Crippen molar-refractivity contribution in [2.75, 3.05) is 7.11 Å². The van der Waals surface area contributed by atoms with Gasteiger partial charge in [0.1, 0.15) is 0 Å². The highest BCUT2D eigenvalue weighted by molar-refractivity contribution is 5.09. The minimum absolute atomic E-state index is 0.124. The van der Waals surface area contributed by atoms with Crippen LogP contribution in [0.25, 0.3) is 0 Å². The monoisotopic (exact) mass is 334 g/mol. The zero-order valence-corrected chi connectivity index (χ0v) is 16.3. The molecule has 4 fully saturated rings. The van der Waals surface area contributed by atoms with Gasteiger partial charge in [0.05, 0.1) is 12.2 Å². The van der Waals surface area contributed by atoms with Crippen LogP contribution in [0.4, 0.5) is 0 Å². The molecule has 0 aromatic rings. The average molecular weight is 335 g/mol. The van der Waals surface area contributed by atoms with E-state index in [-0.39, 0.29) is 6.10 Å². The summed E-state index contributed by atoms with van der Waals surface area (Å²) in [5.41, 5.74) is 0.963. The summed E-state index contributed by atoms with van der Waals surface area (Å²) in [6.45, 7) is 7.19. The molecule has 4 aliphatic carbocycles. The van der Waals surface area contributed by atoms with Gasteiger partial charge < -0.3 is 9.84 Å². The van der Waals surface area contributed by atoms with Crippen molar-refractivity contribution >= 4 is 0 Å². The molecule has 0 aromatic heterocycles. The third-order valence-electron chi connectivity index (χ3n) is 9.61. The third kappa shape index (κ3) is 2.35. The number of hydrogen-bond donors (Lipinski definition) is 1. The second-order valence-electron chi connectivity index (χ2n) is 10.3. The molecule has 9 atom stereocenters. The van der Waals surface area contributed by atoms with Crippen molar-refractivity contribution in [3.8, 4) is 0 Å². The van der Waals surface area contributed by atoms with Gasteiger partial charge in [-0.3, -0.25) is 0 Å². The van der Waals surface area contributed by atoms with Crippen molar-refractivity contribution in [3.63, 3.8) is 0 Å². The molecule has 4 saturated carbocycles. The summed E-state index contributed by atoms with van der Waals surface area (Å²) in [6, 6.07) is 0. The van der Waals surface area contributed by atoms with E-state index >= 15 is 0 Å². The van der Waals surface area contributed by atoms with Crippen molar-refractivity contribution in [1.29, 1.82) is 0 Å². The average Bonchev–Trinajstić information content (AvgIpc) is 2.91. The summed E-state index contributed by atoms with van der Waals surface area (Å²) >= 11 is 0. The molecule has 0 aromatic carbocycles. The Morgan fingerprint density at radius 1 is 0.917 bits per heavy atom. The van der Waals surface area contributed by atoms with E-state index in [0.29, 0.717) is 22.9 Å². The molecule has 2 nitrogen and oxygen atoms in total. The Labute approximate surface area is 148 Å². The fraction of sp³-hybridized carbons (Fsp3) is 1.00. The molecule has 0 spiro atoms. The zero-order chi connectivity index (χ0) is 17.1. The predicted octanol–water partition coefficient (Wildman–Crippen LogP) is 5.04. The van der Waals surface area contributed by atoms with E-state index in [1.807, 2.05) is 14.0 Å². The Bertz CT molecular complexity index is 475. The molecule has 4 aliphatic rings. The smallest absolute Gasteiger partial charge is 0.0574 e. The van der Waals surface area contributed by atoms with Gasteiger partial charge in [-0.05, 0) is 105 Å². The molecule has 0 radical (unpaired) electrons. The van der Waals surface area contributed by atoms with Crippen LogP contribution in [0.15, 0.2) is 0 Å². The van der Waals surface area contributed by atoms with Crippen molar-refractivity contribution in [1.82, 2.24) is 0 Å². The topological polar surface area (TPSA) is 29.5 Å². The van der Waals surface area contributed by atoms with E-state index in [4.69, 9.17) is 4.74 Å². The second-order valence-corrected chi connectivity index (χ2v) is 10.3. The van der Waals surface area contributed by atoms with Crippen molar-refractivity contribution < 1.29 is 9.84 Å². The maximum Gasteiger partial charge on any atom is 0.0574 e. The highest BCUT2D eigenvalue weighted by atomic mass is 16.5. The summed E-state index contributed by atoms with van der Waals surface area (Å²) in [7, 11) is 1.90. The normalized spacial score (nSPS) is 55.4. The first kappa shape index (κ1) is 17.3. The lowest BCUT2D eigenvalue weighted by molar-refractivity contribution is -0.135. The summed E-state index contributed by atoms with van der Waals surface area (Å²) < 4.78 is 5.72. The minimum atomic E-state index is -0.124. The predicted molar refractivity (Wildman–Crippen MR) is 97.7 cm³/mol. The molecular formula is C22H38O2. The molecular weight excluding hydrogens is 296 g/mol. The first-order valence-electron chi connectivity index (χ1n) is 10.6. The van der Waals surface area contributed by atoms with Gasteiger partial charge in [0.2, 0.25) is 0 Å². The van der Waals surface area contributed by atoms with Gasteiger partial charge >= 0.3 is 0 Å². The Morgan fingerprint density at radius 3 is 2.33 bits per heavy atom. The molecule has 138 valence electrons. The highest BCUT2D eigenvalue weighted by Gasteiger charge is 2.60. The van der Waals surface area contributed by atoms with Crippen LogP contribution in [-0.4, -0.2) is 24.4 Å². The van der Waals surface area contributed by atoms with Crippen LogP contribution in [0.3, 0.4) is 0 Å². The molecule has 0 heterocycles. The molecule has 0 unspecified atom stereocenters. The first-order valence-corrected chi connectivity index (χ1v) is 10.6. The largest absolute Gasteiger partial charge is 0.393 e. The van der Waals surface area contributed by atoms with Crippen LogP contribution in [0.1, 0.15) is 78.6 Å². The van der Waals surface area contributed by atoms with Crippen LogP contribution in [0.5, 0.6) is 0 Å². The number of fused-ring (bicyclic) bond motifs is 5. The highest BCUT2D eigenvalue weighted by Crippen LogP contribution is 2.67. The van der Waals surface area contributed by atoms with Crippen LogP contribution >= 0.6 is 0 Å². The number of aliphatic hydroxyl groups excluding tert-OH is 1. The van der Waals surface area contributed by atoms with Gasteiger partial charge in [0.15, 0.2) is 0 Å². The van der Waals surface area contributed by atoms with E-state index < -0.39 is 0 Å². The maximum absolute atomic E-state index is 10.3. The fourth-order valence-electron chi connectivity index (χ4n) is 8.27. The molecule has 0 bridgehead atoms. The lowest BCUT2D eigenvalue weighted by atomic mass is 9.44. The van der Waals surface area contributed by atoms with E-state index in [9.17, 15) is 5.11 Å². The van der Waals surface area contributed by atoms with Crippen LogP contribution in [0, 0.1) is 40.4 Å². The number of ether oxygens (including phenoxy) is 1. The lowest BCUT2D eigenvalue weighted by Crippen LogP contribution is -2.54. The van der Waals surface area contributed by atoms with Gasteiger partial charge in [-0.1, -0.05) is 13.8 Å². The molecule has 2 heteroatoms. The van der Waals surface area contributed by atoms with Crippen molar-refractivity contribution in [2.24, 2.45) is 40.4 Å². The van der Waals surface area contributed by atoms with Gasteiger partial charge in [-0.25, -0.2) is 0 Å². The van der Waals surface area contributed by atoms with Crippen molar-refractivity contribution in [2.45, 2.75) is 90.8 Å². The number of hydrogen-bond acceptors (Lipinski definition) is 2. The summed E-state index contributed by atoms with van der Waals surface area (Å²) in [4.78, 5) is 0. The number of methoxy groups -OCH3 is 1. The minimum Gasteiger partial charge on any atom is -0.393 e. The van der Waals surface area contributed by atoms with E-state index in [1.165, 1.54) is 57.8 Å². The molecule has 24 heavy (non-hydrogen) atoms. The molecule has 0 saturated heterocycles. The number of rotatable bonds is 2. The maximum atomic E-state index is 10.3. The molecule has 4 rings (SSSR count). The summed E-state index contributed by atoms with van der Waals surface area (Å²) in [5.74, 6) is 4.15. The Morgan fingerprint density at radius 2 is 1.62 bits per heavy atom. The first-order chi connectivity index (χ1) is 11.4. The Hall–Kier alpha value is -0.0800. The zero-order valence-electron chi connectivity index (χ0n) is 16.3. The lowest BCUT2D eigenvalue weighted by Gasteiger charge is -2.61. The van der Waals surface area contributed by atoms with Gasteiger partial charge in [0.25, 0.3) is 0 Å². The molecule has 1 N–H and O–H groups in total. The molecule has 0 aliphatic heterocycles. The quantitative estimate of drug-likeness (QED) is 0.766. The third-order valence-corrected chi connectivity index (χ3v) is 9.61. The standard InChI is InChI=1S/C22H38O2/c1-14(23)18-7-8-19-17-6-5-15-13-16(24-4)9-11-21(15,2)20(17)10-12-22(18,19)3/h14-20,23H,5-13H2,1-4H3/t14-,15-,16-,17-,18+,19-,20-,21-,22+/m0/s1. The second kappa shape index (κ2) is 5.98. The van der Waals surface area contributed by atoms with Gasteiger partial charge in [0, 0.05) is 7.11 Å².